The van der Waals surface area contributed by atoms with Crippen molar-refractivity contribution < 1.29 is 9.53 Å². The Labute approximate surface area is 137 Å². The van der Waals surface area contributed by atoms with E-state index >= 15 is 0 Å². The molecule has 0 aromatic carbocycles. The topological polar surface area (TPSA) is 140 Å². The van der Waals surface area contributed by atoms with Crippen molar-refractivity contribution in [1.82, 2.24) is 18.7 Å². The zero-order chi connectivity index (χ0) is 18.0. The number of fused-ring (bicyclic) bond motifs is 1. The van der Waals surface area contributed by atoms with Crippen LogP contribution in [0, 0.1) is 0 Å². The minimum absolute atomic E-state index is 0.0809. The molecular weight excluding hydrogens is 316 g/mol. The Bertz CT molecular complexity index is 878. The van der Waals surface area contributed by atoms with Crippen LogP contribution in [0.15, 0.2) is 9.59 Å². The second-order valence-electron chi connectivity index (χ2n) is 5.64. The molecule has 0 aliphatic heterocycles. The van der Waals surface area contributed by atoms with Crippen LogP contribution in [0.3, 0.4) is 0 Å². The Morgan fingerprint density at radius 2 is 1.83 bits per heavy atom. The van der Waals surface area contributed by atoms with Crippen LogP contribution >= 0.6 is 0 Å². The van der Waals surface area contributed by atoms with E-state index in [1.54, 1.807) is 0 Å². The lowest BCUT2D eigenvalue weighted by Crippen LogP contribution is -2.37. The molecule has 0 aliphatic carbocycles. The summed E-state index contributed by atoms with van der Waals surface area (Å²) in [6, 6.07) is -0.884. The van der Waals surface area contributed by atoms with E-state index in [-0.39, 0.29) is 17.2 Å². The molecule has 24 heavy (non-hydrogen) atoms. The van der Waals surface area contributed by atoms with Crippen molar-refractivity contribution >= 4 is 17.1 Å². The van der Waals surface area contributed by atoms with Gasteiger partial charge in [0.05, 0.1) is 0 Å². The predicted molar refractivity (Wildman–Crippen MR) is 87.7 cm³/mol. The maximum Gasteiger partial charge on any atom is 0.332 e. The number of hydrogen-bond donors (Lipinski definition) is 2. The van der Waals surface area contributed by atoms with Crippen LogP contribution in [0.25, 0.3) is 11.2 Å². The standard InChI is InChI=1S/C14H22N6O4/c1-18-9-10(19(2)14(23)20(3)11(9)21)17-13(18)24-12(22)8(16)6-4-5-7-15/h8H,4-7,15-16H2,1-3H3/t8-/m0/s1. The first kappa shape index (κ1) is 17.9. The molecule has 10 heteroatoms. The number of aromatic nitrogens is 4. The SMILES string of the molecule is Cn1c(=O)c2c(nc(OC(=O)[C@@H](N)CCCCN)n2C)n(C)c1=O. The Kier molecular flexibility index (Phi) is 5.20. The fourth-order valence-corrected chi connectivity index (χ4v) is 2.38. The van der Waals surface area contributed by atoms with Gasteiger partial charge in [0, 0.05) is 21.1 Å². The highest BCUT2D eigenvalue weighted by molar-refractivity contribution is 5.79. The van der Waals surface area contributed by atoms with Crippen LogP contribution in [0.1, 0.15) is 19.3 Å². The summed E-state index contributed by atoms with van der Waals surface area (Å²) in [5.74, 6) is -0.646. The van der Waals surface area contributed by atoms with E-state index < -0.39 is 23.3 Å². The lowest BCUT2D eigenvalue weighted by Gasteiger charge is -2.10. The number of nitrogens with zero attached hydrogens (tertiary/aromatic N) is 4. The molecule has 132 valence electrons. The van der Waals surface area contributed by atoms with Crippen molar-refractivity contribution in [3.05, 3.63) is 20.8 Å². The molecule has 0 unspecified atom stereocenters. The van der Waals surface area contributed by atoms with Crippen molar-refractivity contribution in [2.24, 2.45) is 32.6 Å². The summed E-state index contributed by atoms with van der Waals surface area (Å²) in [6.07, 6.45) is 1.93. The first-order chi connectivity index (χ1) is 11.3. The summed E-state index contributed by atoms with van der Waals surface area (Å²) < 4.78 is 8.72. The number of nitrogens with two attached hydrogens (primary N) is 2. The van der Waals surface area contributed by atoms with Gasteiger partial charge in [-0.25, -0.2) is 9.59 Å². The van der Waals surface area contributed by atoms with Gasteiger partial charge in [-0.15, -0.1) is 0 Å². The zero-order valence-electron chi connectivity index (χ0n) is 14.0. The van der Waals surface area contributed by atoms with Crippen LogP contribution in [0.4, 0.5) is 0 Å². The number of carbonyl (C=O) groups is 1. The van der Waals surface area contributed by atoms with E-state index in [0.717, 1.165) is 11.0 Å². The molecule has 2 heterocycles. The summed E-state index contributed by atoms with van der Waals surface area (Å²) in [6.45, 7) is 0.532. The fourth-order valence-electron chi connectivity index (χ4n) is 2.38. The minimum atomic E-state index is -0.803. The quantitative estimate of drug-likeness (QED) is 0.474. The fraction of sp³-hybridized carbons (Fsp3) is 0.571. The number of aryl methyl sites for hydroxylation is 2. The second kappa shape index (κ2) is 6.97. The predicted octanol–water partition coefficient (Wildman–Crippen LogP) is -1.67. The molecule has 0 aliphatic rings. The molecule has 1 atom stereocenters. The maximum absolute atomic E-state index is 12.2. The van der Waals surface area contributed by atoms with Gasteiger partial charge < -0.3 is 16.2 Å². The summed E-state index contributed by atoms with van der Waals surface area (Å²) in [7, 11) is 4.39. The zero-order valence-corrected chi connectivity index (χ0v) is 14.0. The lowest BCUT2D eigenvalue weighted by atomic mass is 10.1. The van der Waals surface area contributed by atoms with E-state index in [9.17, 15) is 14.4 Å². The van der Waals surface area contributed by atoms with Crippen LogP contribution in [-0.4, -0.2) is 37.2 Å². The van der Waals surface area contributed by atoms with Gasteiger partial charge in [-0.1, -0.05) is 6.42 Å². The summed E-state index contributed by atoms with van der Waals surface area (Å²) in [5, 5.41) is 0. The van der Waals surface area contributed by atoms with Crippen LogP contribution in [-0.2, 0) is 25.9 Å². The number of hydrogen-bond acceptors (Lipinski definition) is 7. The summed E-state index contributed by atoms with van der Waals surface area (Å²) in [5.41, 5.74) is 10.5. The Morgan fingerprint density at radius 3 is 2.46 bits per heavy atom. The molecule has 2 aromatic heterocycles. The maximum atomic E-state index is 12.2. The van der Waals surface area contributed by atoms with Crippen molar-refractivity contribution in [3.63, 3.8) is 0 Å². The van der Waals surface area contributed by atoms with Gasteiger partial charge in [0.15, 0.2) is 11.2 Å². The first-order valence-electron chi connectivity index (χ1n) is 7.59. The van der Waals surface area contributed by atoms with E-state index in [1.807, 2.05) is 0 Å². The number of esters is 1. The highest BCUT2D eigenvalue weighted by atomic mass is 16.6. The normalized spacial score (nSPS) is 12.5. The minimum Gasteiger partial charge on any atom is -0.391 e. The average Bonchev–Trinajstić information content (AvgIpc) is 2.88. The number of imidazole rings is 1. The van der Waals surface area contributed by atoms with Gasteiger partial charge >= 0.3 is 17.7 Å². The van der Waals surface area contributed by atoms with Gasteiger partial charge in [-0.3, -0.25) is 18.5 Å². The van der Waals surface area contributed by atoms with Gasteiger partial charge in [0.2, 0.25) is 0 Å². The molecule has 0 saturated heterocycles. The van der Waals surface area contributed by atoms with Crippen LogP contribution < -0.4 is 27.5 Å². The Hall–Kier alpha value is -2.46. The number of rotatable bonds is 6. The number of carbonyl (C=O) groups excluding carboxylic acids is 1. The largest absolute Gasteiger partial charge is 0.391 e. The van der Waals surface area contributed by atoms with E-state index in [4.69, 9.17) is 16.2 Å². The van der Waals surface area contributed by atoms with Crippen molar-refractivity contribution in [2.75, 3.05) is 6.54 Å². The monoisotopic (exact) mass is 338 g/mol. The van der Waals surface area contributed by atoms with E-state index in [2.05, 4.69) is 4.98 Å². The smallest absolute Gasteiger partial charge is 0.332 e. The van der Waals surface area contributed by atoms with Crippen molar-refractivity contribution in [1.29, 1.82) is 0 Å². The third-order valence-corrected chi connectivity index (χ3v) is 3.90. The molecule has 2 aromatic rings. The van der Waals surface area contributed by atoms with Gasteiger partial charge in [0.25, 0.3) is 5.56 Å². The summed E-state index contributed by atoms with van der Waals surface area (Å²) >= 11 is 0. The number of ether oxygens (including phenoxy) is 1. The van der Waals surface area contributed by atoms with Gasteiger partial charge in [-0.05, 0) is 19.4 Å². The highest BCUT2D eigenvalue weighted by Crippen LogP contribution is 2.16. The van der Waals surface area contributed by atoms with Crippen LogP contribution in [0.2, 0.25) is 0 Å². The lowest BCUT2D eigenvalue weighted by molar-refractivity contribution is -0.136. The average molecular weight is 338 g/mol. The van der Waals surface area contributed by atoms with Crippen LogP contribution in [0.5, 0.6) is 6.01 Å². The van der Waals surface area contributed by atoms with E-state index in [1.165, 1.54) is 30.3 Å². The second-order valence-corrected chi connectivity index (χ2v) is 5.64. The molecular formula is C14H22N6O4. The molecule has 10 nitrogen and oxygen atoms in total. The molecule has 0 spiro atoms. The van der Waals surface area contributed by atoms with Crippen molar-refractivity contribution in [3.8, 4) is 6.01 Å². The third-order valence-electron chi connectivity index (χ3n) is 3.90. The van der Waals surface area contributed by atoms with Crippen molar-refractivity contribution in [2.45, 2.75) is 25.3 Å². The number of unbranched alkanes of at least 4 members (excludes halogenated alkanes) is 1. The Balaban J connectivity index is 2.34. The first-order valence-corrected chi connectivity index (χ1v) is 7.59. The van der Waals surface area contributed by atoms with E-state index in [0.29, 0.717) is 19.4 Å². The molecule has 2 rings (SSSR count). The Morgan fingerprint density at radius 1 is 1.17 bits per heavy atom. The molecule has 0 fully saturated rings. The van der Waals surface area contributed by atoms with Gasteiger partial charge in [-0.2, -0.15) is 4.98 Å². The molecule has 0 bridgehead atoms. The molecule has 4 N–H and O–H groups in total. The van der Waals surface area contributed by atoms with Gasteiger partial charge in [0.1, 0.15) is 6.04 Å². The molecule has 0 radical (unpaired) electrons. The molecule has 0 saturated carbocycles. The third kappa shape index (κ3) is 3.10. The highest BCUT2D eigenvalue weighted by Gasteiger charge is 2.22. The molecule has 0 amide bonds. The summed E-state index contributed by atoms with van der Waals surface area (Å²) in [4.78, 5) is 40.3.